The molecule has 0 spiro atoms. The van der Waals surface area contributed by atoms with Crippen molar-refractivity contribution in [2.45, 2.75) is 69.4 Å². The number of rotatable bonds is 9. The lowest BCUT2D eigenvalue weighted by molar-refractivity contribution is -0.147. The molecule has 3 aliphatic rings. The molecule has 2 unspecified atom stereocenters. The lowest BCUT2D eigenvalue weighted by Gasteiger charge is -2.32. The standard InChI is InChI=1S/C16H27NO3/c18-15(19)16(17-14-5-6-14)9-1-2-13(16)8-11-20-10-7-12-3-4-12/h12-14,17H,1-11H2,(H,18,19). The molecule has 114 valence electrons. The number of aliphatic carboxylic acids is 1. The molecule has 0 aromatic rings. The minimum atomic E-state index is -0.666. The van der Waals surface area contributed by atoms with Gasteiger partial charge in [-0.05, 0) is 50.4 Å². The van der Waals surface area contributed by atoms with Crippen molar-refractivity contribution in [3.8, 4) is 0 Å². The van der Waals surface area contributed by atoms with Crippen molar-refractivity contribution in [1.82, 2.24) is 5.32 Å². The molecule has 0 heterocycles. The zero-order valence-corrected chi connectivity index (χ0v) is 12.3. The van der Waals surface area contributed by atoms with Crippen molar-refractivity contribution in [2.75, 3.05) is 13.2 Å². The Kier molecular flexibility index (Phi) is 4.32. The highest BCUT2D eigenvalue weighted by molar-refractivity contribution is 5.80. The number of carboxylic acid groups (broad SMARTS) is 1. The average molecular weight is 281 g/mol. The van der Waals surface area contributed by atoms with Crippen molar-refractivity contribution >= 4 is 5.97 Å². The molecular formula is C16H27NO3. The van der Waals surface area contributed by atoms with E-state index in [1.807, 2.05) is 0 Å². The van der Waals surface area contributed by atoms with Crippen molar-refractivity contribution in [3.63, 3.8) is 0 Å². The Morgan fingerprint density at radius 3 is 2.55 bits per heavy atom. The molecule has 3 rings (SSSR count). The van der Waals surface area contributed by atoms with Crippen LogP contribution in [0.4, 0.5) is 0 Å². The number of ether oxygens (including phenoxy) is 1. The zero-order valence-electron chi connectivity index (χ0n) is 12.3. The molecule has 0 aliphatic heterocycles. The van der Waals surface area contributed by atoms with E-state index in [-0.39, 0.29) is 5.92 Å². The Morgan fingerprint density at radius 2 is 1.90 bits per heavy atom. The maximum atomic E-state index is 11.8. The smallest absolute Gasteiger partial charge is 0.324 e. The van der Waals surface area contributed by atoms with Crippen molar-refractivity contribution in [1.29, 1.82) is 0 Å². The molecule has 0 bridgehead atoms. The van der Waals surface area contributed by atoms with E-state index in [1.54, 1.807) is 0 Å². The maximum Gasteiger partial charge on any atom is 0.324 e. The second-order valence-electron chi connectivity index (χ2n) is 6.92. The van der Waals surface area contributed by atoms with Crippen LogP contribution in [0.2, 0.25) is 0 Å². The molecule has 0 amide bonds. The molecule has 2 N–H and O–H groups in total. The summed E-state index contributed by atoms with van der Waals surface area (Å²) in [5.74, 6) is 0.502. The van der Waals surface area contributed by atoms with Gasteiger partial charge in [0.25, 0.3) is 0 Å². The van der Waals surface area contributed by atoms with Gasteiger partial charge in [-0.25, -0.2) is 0 Å². The summed E-state index contributed by atoms with van der Waals surface area (Å²) in [6.45, 7) is 1.58. The average Bonchev–Trinajstić information content (AvgIpc) is 3.31. The lowest BCUT2D eigenvalue weighted by Crippen LogP contribution is -2.55. The zero-order chi connectivity index (χ0) is 14.0. The van der Waals surface area contributed by atoms with Gasteiger partial charge in [0.05, 0.1) is 0 Å². The summed E-state index contributed by atoms with van der Waals surface area (Å²) >= 11 is 0. The minimum Gasteiger partial charge on any atom is -0.480 e. The van der Waals surface area contributed by atoms with Gasteiger partial charge in [-0.15, -0.1) is 0 Å². The Balaban J connectivity index is 1.45. The Morgan fingerprint density at radius 1 is 1.15 bits per heavy atom. The van der Waals surface area contributed by atoms with E-state index < -0.39 is 11.5 Å². The largest absolute Gasteiger partial charge is 0.480 e. The Bertz CT molecular complexity index is 352. The number of carbonyl (C=O) groups is 1. The summed E-state index contributed by atoms with van der Waals surface area (Å²) in [6.07, 6.45) is 9.94. The van der Waals surface area contributed by atoms with Gasteiger partial charge in [-0.2, -0.15) is 0 Å². The molecule has 0 aromatic carbocycles. The topological polar surface area (TPSA) is 58.6 Å². The van der Waals surface area contributed by atoms with Gasteiger partial charge in [0.15, 0.2) is 0 Å². The van der Waals surface area contributed by atoms with Crippen LogP contribution in [0, 0.1) is 11.8 Å². The molecule has 0 saturated heterocycles. The van der Waals surface area contributed by atoms with Crippen LogP contribution < -0.4 is 5.32 Å². The van der Waals surface area contributed by atoms with Gasteiger partial charge >= 0.3 is 5.97 Å². The fourth-order valence-electron chi connectivity index (χ4n) is 3.58. The molecule has 0 aromatic heterocycles. The Hall–Kier alpha value is -0.610. The molecule has 4 nitrogen and oxygen atoms in total. The second kappa shape index (κ2) is 6.02. The van der Waals surface area contributed by atoms with E-state index in [9.17, 15) is 9.90 Å². The van der Waals surface area contributed by atoms with Crippen LogP contribution >= 0.6 is 0 Å². The molecule has 20 heavy (non-hydrogen) atoms. The normalized spacial score (nSPS) is 33.5. The third-order valence-electron chi connectivity index (χ3n) is 5.22. The summed E-state index contributed by atoms with van der Waals surface area (Å²) < 4.78 is 5.72. The van der Waals surface area contributed by atoms with Crippen LogP contribution in [0.5, 0.6) is 0 Å². The molecule has 4 heteroatoms. The number of hydrogen-bond acceptors (Lipinski definition) is 3. The third-order valence-corrected chi connectivity index (χ3v) is 5.22. The van der Waals surface area contributed by atoms with Gasteiger partial charge in [0.2, 0.25) is 0 Å². The fourth-order valence-corrected chi connectivity index (χ4v) is 3.58. The van der Waals surface area contributed by atoms with E-state index in [0.717, 1.165) is 57.7 Å². The Labute approximate surface area is 121 Å². The first kappa shape index (κ1) is 14.3. The number of hydrogen-bond donors (Lipinski definition) is 2. The SMILES string of the molecule is O=C(O)C1(NC2CC2)CCCC1CCOCCC1CC1. The minimum absolute atomic E-state index is 0.238. The lowest BCUT2D eigenvalue weighted by atomic mass is 9.84. The predicted molar refractivity (Wildman–Crippen MR) is 76.6 cm³/mol. The molecule has 2 atom stereocenters. The van der Waals surface area contributed by atoms with Crippen molar-refractivity contribution in [2.24, 2.45) is 11.8 Å². The molecule has 0 radical (unpaired) electrons. The number of carboxylic acids is 1. The van der Waals surface area contributed by atoms with Crippen LogP contribution in [-0.2, 0) is 9.53 Å². The maximum absolute atomic E-state index is 11.8. The summed E-state index contributed by atoms with van der Waals surface area (Å²) in [6, 6.07) is 0.447. The number of nitrogens with one attached hydrogen (secondary N) is 1. The van der Waals surface area contributed by atoms with Crippen molar-refractivity contribution < 1.29 is 14.6 Å². The van der Waals surface area contributed by atoms with Crippen molar-refractivity contribution in [3.05, 3.63) is 0 Å². The van der Waals surface area contributed by atoms with Gasteiger partial charge in [0.1, 0.15) is 5.54 Å². The van der Waals surface area contributed by atoms with Crippen LogP contribution in [0.1, 0.15) is 57.8 Å². The highest BCUT2D eigenvalue weighted by Gasteiger charge is 2.51. The van der Waals surface area contributed by atoms with Crippen LogP contribution in [0.25, 0.3) is 0 Å². The second-order valence-corrected chi connectivity index (χ2v) is 6.92. The molecule has 3 aliphatic carbocycles. The van der Waals surface area contributed by atoms with Gasteiger partial charge in [0, 0.05) is 19.3 Å². The van der Waals surface area contributed by atoms with E-state index >= 15 is 0 Å². The first-order valence-electron chi connectivity index (χ1n) is 8.29. The summed E-state index contributed by atoms with van der Waals surface area (Å²) in [5.41, 5.74) is -0.666. The van der Waals surface area contributed by atoms with Gasteiger partial charge in [-0.1, -0.05) is 19.3 Å². The fraction of sp³-hybridized carbons (Fsp3) is 0.938. The first-order chi connectivity index (χ1) is 9.71. The molecule has 3 fully saturated rings. The van der Waals surface area contributed by atoms with Gasteiger partial charge in [-0.3, -0.25) is 10.1 Å². The van der Waals surface area contributed by atoms with Crippen LogP contribution in [0.15, 0.2) is 0 Å². The van der Waals surface area contributed by atoms with Crippen LogP contribution in [0.3, 0.4) is 0 Å². The molecule has 3 saturated carbocycles. The third kappa shape index (κ3) is 3.34. The summed E-state index contributed by atoms with van der Waals surface area (Å²) in [7, 11) is 0. The van der Waals surface area contributed by atoms with E-state index in [0.29, 0.717) is 6.04 Å². The summed E-state index contributed by atoms with van der Waals surface area (Å²) in [5, 5.41) is 13.1. The predicted octanol–water partition coefficient (Wildman–Crippen LogP) is 2.57. The highest BCUT2D eigenvalue weighted by Crippen LogP contribution is 2.40. The quantitative estimate of drug-likeness (QED) is 0.638. The molecular weight excluding hydrogens is 254 g/mol. The first-order valence-corrected chi connectivity index (χ1v) is 8.29. The van der Waals surface area contributed by atoms with E-state index in [4.69, 9.17) is 4.74 Å². The van der Waals surface area contributed by atoms with Crippen LogP contribution in [-0.4, -0.2) is 35.9 Å². The highest BCUT2D eigenvalue weighted by atomic mass is 16.5. The summed E-state index contributed by atoms with van der Waals surface area (Å²) in [4.78, 5) is 11.8. The monoisotopic (exact) mass is 281 g/mol. The van der Waals surface area contributed by atoms with Gasteiger partial charge < -0.3 is 9.84 Å². The van der Waals surface area contributed by atoms with E-state index in [2.05, 4.69) is 5.32 Å². The van der Waals surface area contributed by atoms with E-state index in [1.165, 1.54) is 19.3 Å².